The number of carbonyl (C=O) groups is 1. The van der Waals surface area contributed by atoms with Gasteiger partial charge in [-0.25, -0.2) is 9.78 Å². The molecule has 0 aliphatic rings. The van der Waals surface area contributed by atoms with Crippen molar-refractivity contribution < 1.29 is 9.53 Å². The van der Waals surface area contributed by atoms with Gasteiger partial charge >= 0.3 is 6.09 Å². The number of fused-ring (bicyclic) bond motifs is 1. The van der Waals surface area contributed by atoms with Gasteiger partial charge in [0.15, 0.2) is 0 Å². The summed E-state index contributed by atoms with van der Waals surface area (Å²) in [6.07, 6.45) is 3.57. The number of imidazole rings is 1. The van der Waals surface area contributed by atoms with Crippen LogP contribution in [0.25, 0.3) is 5.65 Å². The quantitative estimate of drug-likeness (QED) is 0.889. The minimum absolute atomic E-state index is 0.0214. The third kappa shape index (κ3) is 5.04. The fourth-order valence-electron chi connectivity index (χ4n) is 2.05. The molecule has 0 aliphatic heterocycles. The molecule has 2 aromatic heterocycles. The highest BCUT2D eigenvalue weighted by Gasteiger charge is 2.17. The zero-order valence-electron chi connectivity index (χ0n) is 13.6. The van der Waals surface area contributed by atoms with Crippen LogP contribution in [-0.2, 0) is 11.3 Å². The number of ether oxygens (including phenoxy) is 1. The van der Waals surface area contributed by atoms with E-state index >= 15 is 0 Å². The second kappa shape index (κ2) is 6.79. The molecule has 0 fully saturated rings. The van der Waals surface area contributed by atoms with E-state index < -0.39 is 11.7 Å². The summed E-state index contributed by atoms with van der Waals surface area (Å²) in [6.45, 7) is 8.77. The predicted molar refractivity (Wildman–Crippen MR) is 85.7 cm³/mol. The average Bonchev–Trinajstić information content (AvgIpc) is 2.78. The van der Waals surface area contributed by atoms with E-state index in [9.17, 15) is 4.79 Å². The summed E-state index contributed by atoms with van der Waals surface area (Å²) in [4.78, 5) is 16.2. The summed E-state index contributed by atoms with van der Waals surface area (Å²) >= 11 is 0. The summed E-state index contributed by atoms with van der Waals surface area (Å²) in [6, 6.07) is 5.88. The van der Waals surface area contributed by atoms with Crippen LogP contribution >= 0.6 is 0 Å². The molecular weight excluding hydrogens is 280 g/mol. The molecule has 0 saturated carbocycles. The van der Waals surface area contributed by atoms with Gasteiger partial charge in [-0.15, -0.1) is 0 Å². The lowest BCUT2D eigenvalue weighted by Crippen LogP contribution is -2.42. The molecule has 0 bridgehead atoms. The van der Waals surface area contributed by atoms with Crippen LogP contribution in [0.1, 0.15) is 33.4 Å². The van der Waals surface area contributed by atoms with Crippen LogP contribution in [-0.4, -0.2) is 33.7 Å². The van der Waals surface area contributed by atoms with Crippen LogP contribution in [0.5, 0.6) is 0 Å². The summed E-state index contributed by atoms with van der Waals surface area (Å²) in [5.41, 5.74) is 1.42. The number of nitrogens with zero attached hydrogens (tertiary/aromatic N) is 2. The van der Waals surface area contributed by atoms with Crippen molar-refractivity contribution in [2.75, 3.05) is 6.54 Å². The molecule has 2 rings (SSSR count). The van der Waals surface area contributed by atoms with Crippen LogP contribution in [0.4, 0.5) is 4.79 Å². The third-order valence-corrected chi connectivity index (χ3v) is 2.93. The first-order valence-electron chi connectivity index (χ1n) is 7.46. The molecule has 2 heterocycles. The van der Waals surface area contributed by atoms with Crippen molar-refractivity contribution >= 4 is 11.7 Å². The summed E-state index contributed by atoms with van der Waals surface area (Å²) in [5.74, 6) is 0. The van der Waals surface area contributed by atoms with Crippen LogP contribution in [0.2, 0.25) is 0 Å². The van der Waals surface area contributed by atoms with Gasteiger partial charge < -0.3 is 19.8 Å². The topological polar surface area (TPSA) is 67.7 Å². The van der Waals surface area contributed by atoms with E-state index in [1.165, 1.54) is 0 Å². The van der Waals surface area contributed by atoms with Gasteiger partial charge in [0.25, 0.3) is 0 Å². The van der Waals surface area contributed by atoms with E-state index in [0.717, 1.165) is 11.3 Å². The van der Waals surface area contributed by atoms with Gasteiger partial charge in [0.2, 0.25) is 0 Å². The summed E-state index contributed by atoms with van der Waals surface area (Å²) < 4.78 is 7.20. The third-order valence-electron chi connectivity index (χ3n) is 2.93. The van der Waals surface area contributed by atoms with Gasteiger partial charge in [-0.1, -0.05) is 6.07 Å². The van der Waals surface area contributed by atoms with Crippen LogP contribution in [0.3, 0.4) is 0 Å². The Labute approximate surface area is 130 Å². The van der Waals surface area contributed by atoms with E-state index in [2.05, 4.69) is 15.6 Å². The largest absolute Gasteiger partial charge is 0.444 e. The molecule has 1 amide bonds. The number of hydrogen-bond donors (Lipinski definition) is 2. The molecule has 0 saturated heterocycles. The second-order valence-corrected chi connectivity index (χ2v) is 6.38. The Balaban J connectivity index is 1.74. The summed E-state index contributed by atoms with van der Waals surface area (Å²) in [5, 5.41) is 6.08. The number of alkyl carbamates (subject to hydrolysis) is 1. The Morgan fingerprint density at radius 2 is 2.18 bits per heavy atom. The molecule has 0 spiro atoms. The van der Waals surface area contributed by atoms with Crippen LogP contribution in [0, 0.1) is 0 Å². The smallest absolute Gasteiger partial charge is 0.407 e. The normalized spacial score (nSPS) is 13.1. The Kier molecular flexibility index (Phi) is 5.03. The molecule has 2 N–H and O–H groups in total. The van der Waals surface area contributed by atoms with Crippen molar-refractivity contribution in [1.29, 1.82) is 0 Å². The highest BCUT2D eigenvalue weighted by molar-refractivity contribution is 5.68. The maximum absolute atomic E-state index is 11.6. The van der Waals surface area contributed by atoms with Crippen molar-refractivity contribution in [2.45, 2.75) is 45.9 Å². The molecule has 22 heavy (non-hydrogen) atoms. The zero-order valence-corrected chi connectivity index (χ0v) is 13.6. The van der Waals surface area contributed by atoms with Gasteiger partial charge in [0, 0.05) is 31.5 Å². The highest BCUT2D eigenvalue weighted by atomic mass is 16.6. The first kappa shape index (κ1) is 16.3. The fourth-order valence-corrected chi connectivity index (χ4v) is 2.05. The van der Waals surface area contributed by atoms with E-state index in [4.69, 9.17) is 4.74 Å². The number of carbonyl (C=O) groups excluding carboxylic acids is 1. The number of amides is 1. The lowest BCUT2D eigenvalue weighted by atomic mass is 10.2. The van der Waals surface area contributed by atoms with Gasteiger partial charge in [-0.3, -0.25) is 0 Å². The second-order valence-electron chi connectivity index (χ2n) is 6.38. The highest BCUT2D eigenvalue weighted by Crippen LogP contribution is 2.07. The first-order valence-corrected chi connectivity index (χ1v) is 7.46. The molecule has 0 aromatic carbocycles. The van der Waals surface area contributed by atoms with E-state index in [0.29, 0.717) is 13.1 Å². The minimum Gasteiger partial charge on any atom is -0.444 e. The van der Waals surface area contributed by atoms with Crippen LogP contribution < -0.4 is 10.6 Å². The van der Waals surface area contributed by atoms with E-state index in [-0.39, 0.29) is 6.04 Å². The minimum atomic E-state index is -0.478. The Bertz CT molecular complexity index is 597. The molecule has 6 heteroatoms. The molecule has 0 radical (unpaired) electrons. The number of nitrogens with one attached hydrogen (secondary N) is 2. The Morgan fingerprint density at radius 1 is 1.41 bits per heavy atom. The van der Waals surface area contributed by atoms with Gasteiger partial charge in [0.05, 0.1) is 5.69 Å². The van der Waals surface area contributed by atoms with Gasteiger partial charge in [-0.05, 0) is 39.8 Å². The molecule has 1 atom stereocenters. The van der Waals surface area contributed by atoms with E-state index in [1.54, 1.807) is 0 Å². The number of hydrogen-bond acceptors (Lipinski definition) is 4. The maximum Gasteiger partial charge on any atom is 0.407 e. The van der Waals surface area contributed by atoms with Crippen molar-refractivity contribution in [3.05, 3.63) is 36.3 Å². The SMILES string of the molecule is CC(CNCc1cn2ccccc2n1)NC(=O)OC(C)(C)C. The maximum atomic E-state index is 11.6. The molecule has 1 unspecified atom stereocenters. The fraction of sp³-hybridized carbons (Fsp3) is 0.500. The summed E-state index contributed by atoms with van der Waals surface area (Å²) in [7, 11) is 0. The molecule has 120 valence electrons. The Morgan fingerprint density at radius 3 is 2.86 bits per heavy atom. The number of rotatable bonds is 5. The Hall–Kier alpha value is -2.08. The molecule has 2 aromatic rings. The molecule has 6 nitrogen and oxygen atoms in total. The van der Waals surface area contributed by atoms with Crippen molar-refractivity contribution in [2.24, 2.45) is 0 Å². The molecule has 0 aliphatic carbocycles. The number of pyridine rings is 1. The predicted octanol–water partition coefficient (Wildman–Crippen LogP) is 2.34. The lowest BCUT2D eigenvalue weighted by molar-refractivity contribution is 0.0508. The average molecular weight is 304 g/mol. The lowest BCUT2D eigenvalue weighted by Gasteiger charge is -2.22. The molecular formula is C16H24N4O2. The van der Waals surface area contributed by atoms with Crippen molar-refractivity contribution in [1.82, 2.24) is 20.0 Å². The number of aromatic nitrogens is 2. The zero-order chi connectivity index (χ0) is 16.2. The van der Waals surface area contributed by atoms with Crippen molar-refractivity contribution in [3.63, 3.8) is 0 Å². The van der Waals surface area contributed by atoms with Crippen molar-refractivity contribution in [3.8, 4) is 0 Å². The van der Waals surface area contributed by atoms with Crippen LogP contribution in [0.15, 0.2) is 30.6 Å². The standard InChI is InChI=1S/C16H24N4O2/c1-12(18-15(21)22-16(2,3)4)9-17-10-13-11-20-8-6-5-7-14(20)19-13/h5-8,11-12,17H,9-10H2,1-4H3,(H,18,21). The first-order chi connectivity index (χ1) is 10.3. The monoisotopic (exact) mass is 304 g/mol. The van der Waals surface area contributed by atoms with Gasteiger partial charge in [0.1, 0.15) is 11.2 Å². The van der Waals surface area contributed by atoms with Gasteiger partial charge in [-0.2, -0.15) is 0 Å². The van der Waals surface area contributed by atoms with E-state index in [1.807, 2.05) is 62.7 Å².